The van der Waals surface area contributed by atoms with Crippen LogP contribution in [0.5, 0.6) is 0 Å². The van der Waals surface area contributed by atoms with Gasteiger partial charge in [0.2, 0.25) is 0 Å². The number of hydrogen-bond donors (Lipinski definition) is 1. The Balaban J connectivity index is 2.92. The summed E-state index contributed by atoms with van der Waals surface area (Å²) in [5, 5.41) is 12.4. The number of carboxylic acids is 1. The first-order valence-corrected chi connectivity index (χ1v) is 3.97. The summed E-state index contributed by atoms with van der Waals surface area (Å²) in [5.74, 6) is -1.06. The van der Waals surface area contributed by atoms with Crippen molar-refractivity contribution < 1.29 is 9.90 Å². The van der Waals surface area contributed by atoms with E-state index in [0.717, 1.165) is 17.0 Å². The standard InChI is InChI=1S/C7H9ClN2O2/c1-2-3-5-4-6(7(11)12)10(8)9-5/h4H,2-3H2,1H3,(H,11,12). The summed E-state index contributed by atoms with van der Waals surface area (Å²) < 4.78 is 0.868. The van der Waals surface area contributed by atoms with Gasteiger partial charge in [0.1, 0.15) is 0 Å². The van der Waals surface area contributed by atoms with Crippen molar-refractivity contribution >= 4 is 17.7 Å². The first-order valence-electron chi connectivity index (χ1n) is 3.63. The number of carboxylic acid groups (broad SMARTS) is 1. The molecule has 0 unspecified atom stereocenters. The zero-order chi connectivity index (χ0) is 9.14. The Morgan fingerprint density at radius 2 is 2.50 bits per heavy atom. The van der Waals surface area contributed by atoms with Gasteiger partial charge in [0, 0.05) is 11.8 Å². The van der Waals surface area contributed by atoms with Gasteiger partial charge in [-0.05, 0) is 12.5 Å². The van der Waals surface area contributed by atoms with Crippen molar-refractivity contribution in [1.82, 2.24) is 9.30 Å². The van der Waals surface area contributed by atoms with Gasteiger partial charge in [0.15, 0.2) is 5.69 Å². The van der Waals surface area contributed by atoms with Crippen molar-refractivity contribution in [1.29, 1.82) is 0 Å². The van der Waals surface area contributed by atoms with Gasteiger partial charge in [0.25, 0.3) is 0 Å². The maximum atomic E-state index is 10.5. The zero-order valence-corrected chi connectivity index (χ0v) is 7.38. The predicted octanol–water partition coefficient (Wildman–Crippen LogP) is 1.54. The highest BCUT2D eigenvalue weighted by molar-refractivity contribution is 6.17. The van der Waals surface area contributed by atoms with Crippen molar-refractivity contribution in [2.75, 3.05) is 0 Å². The number of aromatic carboxylic acids is 1. The molecule has 1 aromatic heterocycles. The molecule has 0 amide bonds. The molecule has 0 saturated carbocycles. The normalized spacial score (nSPS) is 10.2. The quantitative estimate of drug-likeness (QED) is 0.783. The van der Waals surface area contributed by atoms with E-state index in [1.807, 2.05) is 6.92 Å². The van der Waals surface area contributed by atoms with Crippen molar-refractivity contribution in [3.05, 3.63) is 17.5 Å². The van der Waals surface area contributed by atoms with E-state index in [2.05, 4.69) is 5.10 Å². The van der Waals surface area contributed by atoms with E-state index in [0.29, 0.717) is 5.69 Å². The van der Waals surface area contributed by atoms with E-state index < -0.39 is 5.97 Å². The third kappa shape index (κ3) is 1.76. The summed E-state index contributed by atoms with van der Waals surface area (Å²) in [5.41, 5.74) is 0.727. The molecule has 0 aliphatic rings. The number of rotatable bonds is 3. The van der Waals surface area contributed by atoms with Gasteiger partial charge in [-0.1, -0.05) is 13.3 Å². The zero-order valence-electron chi connectivity index (χ0n) is 6.62. The lowest BCUT2D eigenvalue weighted by molar-refractivity contribution is 0.0688. The largest absolute Gasteiger partial charge is 0.476 e. The molecule has 12 heavy (non-hydrogen) atoms. The van der Waals surface area contributed by atoms with E-state index in [-0.39, 0.29) is 5.69 Å². The molecule has 4 nitrogen and oxygen atoms in total. The third-order valence-electron chi connectivity index (χ3n) is 1.44. The number of nitrogens with zero attached hydrogens (tertiary/aromatic N) is 2. The minimum absolute atomic E-state index is 0.0140. The fourth-order valence-corrected chi connectivity index (χ4v) is 1.14. The molecule has 5 heteroatoms. The second-order valence-electron chi connectivity index (χ2n) is 2.44. The van der Waals surface area contributed by atoms with Gasteiger partial charge in [-0.15, -0.1) is 0 Å². The molecule has 1 N–H and O–H groups in total. The van der Waals surface area contributed by atoms with Crippen molar-refractivity contribution in [3.8, 4) is 0 Å². The molecule has 0 bridgehead atoms. The van der Waals surface area contributed by atoms with Gasteiger partial charge < -0.3 is 5.11 Å². The number of aryl methyl sites for hydroxylation is 1. The van der Waals surface area contributed by atoms with Crippen molar-refractivity contribution in [2.24, 2.45) is 0 Å². The fourth-order valence-electron chi connectivity index (χ4n) is 0.926. The van der Waals surface area contributed by atoms with Crippen molar-refractivity contribution in [3.63, 3.8) is 0 Å². The average molecular weight is 189 g/mol. The van der Waals surface area contributed by atoms with Gasteiger partial charge in [-0.2, -0.15) is 9.30 Å². The van der Waals surface area contributed by atoms with Gasteiger partial charge in [-0.25, -0.2) is 4.79 Å². The SMILES string of the molecule is CCCc1cc(C(=O)O)n(Cl)n1. The van der Waals surface area contributed by atoms with Crippen LogP contribution in [0.25, 0.3) is 0 Å². The molecule has 0 radical (unpaired) electrons. The highest BCUT2D eigenvalue weighted by atomic mass is 35.5. The lowest BCUT2D eigenvalue weighted by atomic mass is 10.2. The molecular formula is C7H9ClN2O2. The highest BCUT2D eigenvalue weighted by Crippen LogP contribution is 2.07. The Hall–Kier alpha value is -1.03. The average Bonchev–Trinajstić information content (AvgIpc) is 2.32. The van der Waals surface area contributed by atoms with E-state index in [1.165, 1.54) is 6.07 Å². The Kier molecular flexibility index (Phi) is 2.70. The minimum atomic E-state index is -1.06. The van der Waals surface area contributed by atoms with Gasteiger partial charge in [0.05, 0.1) is 5.69 Å². The summed E-state index contributed by atoms with van der Waals surface area (Å²) in [6.45, 7) is 1.99. The lowest BCUT2D eigenvalue weighted by Gasteiger charge is -1.87. The van der Waals surface area contributed by atoms with Crippen molar-refractivity contribution in [2.45, 2.75) is 19.8 Å². The van der Waals surface area contributed by atoms with E-state index >= 15 is 0 Å². The summed E-state index contributed by atoms with van der Waals surface area (Å²) in [6, 6.07) is 1.48. The second kappa shape index (κ2) is 3.58. The van der Waals surface area contributed by atoms with E-state index in [9.17, 15) is 4.79 Å². The molecule has 1 aromatic rings. The Bertz CT molecular complexity index is 296. The number of halogens is 1. The second-order valence-corrected chi connectivity index (χ2v) is 2.76. The molecule has 0 aliphatic carbocycles. The summed E-state index contributed by atoms with van der Waals surface area (Å²) in [4.78, 5) is 10.5. The maximum Gasteiger partial charge on any atom is 0.355 e. The van der Waals surface area contributed by atoms with Crippen LogP contribution >= 0.6 is 11.8 Å². The Morgan fingerprint density at radius 1 is 1.83 bits per heavy atom. The number of carbonyl (C=O) groups is 1. The predicted molar refractivity (Wildman–Crippen MR) is 44.4 cm³/mol. The molecule has 0 aromatic carbocycles. The topological polar surface area (TPSA) is 55.1 Å². The van der Waals surface area contributed by atoms with E-state index in [4.69, 9.17) is 16.9 Å². The summed E-state index contributed by atoms with van der Waals surface area (Å²) in [6.07, 6.45) is 1.67. The molecule has 1 rings (SSSR count). The van der Waals surface area contributed by atoms with Crippen LogP contribution < -0.4 is 0 Å². The molecule has 0 saturated heterocycles. The fraction of sp³-hybridized carbons (Fsp3) is 0.429. The molecule has 0 spiro atoms. The van der Waals surface area contributed by atoms with Crippen LogP contribution in [0.1, 0.15) is 29.5 Å². The van der Waals surface area contributed by atoms with E-state index in [1.54, 1.807) is 0 Å². The van der Waals surface area contributed by atoms with Gasteiger partial charge in [-0.3, -0.25) is 0 Å². The van der Waals surface area contributed by atoms with Crippen LogP contribution in [-0.2, 0) is 6.42 Å². The van der Waals surface area contributed by atoms with Crippen LogP contribution in [0, 0.1) is 0 Å². The Morgan fingerprint density at radius 3 is 2.92 bits per heavy atom. The molecule has 1 heterocycles. The van der Waals surface area contributed by atoms with Crippen LogP contribution in [-0.4, -0.2) is 20.4 Å². The molecule has 0 atom stereocenters. The maximum absolute atomic E-state index is 10.5. The van der Waals surface area contributed by atoms with Crippen LogP contribution in [0.15, 0.2) is 6.07 Å². The first-order chi connectivity index (χ1) is 5.65. The first kappa shape index (κ1) is 9.06. The smallest absolute Gasteiger partial charge is 0.355 e. The monoisotopic (exact) mass is 188 g/mol. The van der Waals surface area contributed by atoms with Crippen LogP contribution in [0.4, 0.5) is 0 Å². The van der Waals surface area contributed by atoms with Crippen LogP contribution in [0.2, 0.25) is 0 Å². The Labute approximate surface area is 74.9 Å². The third-order valence-corrected chi connectivity index (χ3v) is 1.70. The molecule has 0 aliphatic heterocycles. The summed E-state index contributed by atoms with van der Waals surface area (Å²) in [7, 11) is 0. The molecule has 0 fully saturated rings. The molecular weight excluding hydrogens is 180 g/mol. The lowest BCUT2D eigenvalue weighted by Crippen LogP contribution is -2.00. The highest BCUT2D eigenvalue weighted by Gasteiger charge is 2.11. The minimum Gasteiger partial charge on any atom is -0.476 e. The number of aromatic nitrogens is 2. The van der Waals surface area contributed by atoms with Gasteiger partial charge >= 0.3 is 5.97 Å². The van der Waals surface area contributed by atoms with Crippen LogP contribution in [0.3, 0.4) is 0 Å². The number of hydrogen-bond acceptors (Lipinski definition) is 2. The summed E-state index contributed by atoms with van der Waals surface area (Å²) >= 11 is 5.50. The molecule has 66 valence electrons.